The molecule has 2 rings (SSSR count). The number of esters is 1. The SMILES string of the molecule is CCOC(=O)CCNc1cc(Cl)c(Oc2nnc(Cl)c(C)c2C)c(Cl)c1. The zero-order valence-corrected chi connectivity index (χ0v) is 16.8. The molecule has 1 aromatic heterocycles. The fourth-order valence-corrected chi connectivity index (χ4v) is 2.79. The highest BCUT2D eigenvalue weighted by molar-refractivity contribution is 6.37. The maximum atomic E-state index is 11.4. The molecule has 0 aliphatic carbocycles. The van der Waals surface area contributed by atoms with Crippen LogP contribution in [0, 0.1) is 13.8 Å². The summed E-state index contributed by atoms with van der Waals surface area (Å²) in [6, 6.07) is 3.30. The van der Waals surface area contributed by atoms with Crippen LogP contribution in [0.15, 0.2) is 12.1 Å². The average Bonchev–Trinajstić information content (AvgIpc) is 2.58. The van der Waals surface area contributed by atoms with E-state index in [0.717, 1.165) is 11.1 Å². The van der Waals surface area contributed by atoms with Gasteiger partial charge in [-0.15, -0.1) is 10.2 Å². The maximum Gasteiger partial charge on any atom is 0.307 e. The van der Waals surface area contributed by atoms with Crippen LogP contribution in [0.1, 0.15) is 24.5 Å². The Morgan fingerprint density at radius 2 is 1.77 bits per heavy atom. The molecule has 0 amide bonds. The number of ether oxygens (including phenoxy) is 2. The van der Waals surface area contributed by atoms with Gasteiger partial charge in [0.1, 0.15) is 0 Å². The van der Waals surface area contributed by atoms with Crippen LogP contribution in [0.25, 0.3) is 0 Å². The molecule has 0 aliphatic rings. The third-order valence-corrected chi connectivity index (χ3v) is 4.50. The molecule has 1 heterocycles. The number of benzene rings is 1. The molecule has 0 atom stereocenters. The summed E-state index contributed by atoms with van der Waals surface area (Å²) in [5.74, 6) is 0.270. The lowest BCUT2D eigenvalue weighted by molar-refractivity contribution is -0.142. The van der Waals surface area contributed by atoms with Gasteiger partial charge in [-0.2, -0.15) is 0 Å². The molecular weight excluding hydrogens is 401 g/mol. The molecular formula is C17H18Cl3N3O3. The summed E-state index contributed by atoms with van der Waals surface area (Å²) in [6.45, 7) is 6.15. The molecule has 0 saturated carbocycles. The van der Waals surface area contributed by atoms with E-state index < -0.39 is 0 Å². The van der Waals surface area contributed by atoms with E-state index in [1.54, 1.807) is 19.1 Å². The molecule has 0 bridgehead atoms. The molecule has 9 heteroatoms. The van der Waals surface area contributed by atoms with Gasteiger partial charge in [0.15, 0.2) is 10.9 Å². The highest BCUT2D eigenvalue weighted by Gasteiger charge is 2.16. The van der Waals surface area contributed by atoms with Crippen LogP contribution in [-0.2, 0) is 9.53 Å². The second-order valence-electron chi connectivity index (χ2n) is 5.40. The molecule has 1 N–H and O–H groups in total. The Kier molecular flexibility index (Phi) is 7.32. The minimum atomic E-state index is -0.274. The largest absolute Gasteiger partial charge is 0.466 e. The van der Waals surface area contributed by atoms with E-state index in [9.17, 15) is 4.79 Å². The molecule has 0 unspecified atom stereocenters. The lowest BCUT2D eigenvalue weighted by Crippen LogP contribution is -2.11. The van der Waals surface area contributed by atoms with Crippen molar-refractivity contribution < 1.29 is 14.3 Å². The second-order valence-corrected chi connectivity index (χ2v) is 6.57. The molecule has 0 saturated heterocycles. The smallest absolute Gasteiger partial charge is 0.307 e. The Morgan fingerprint density at radius 1 is 1.12 bits per heavy atom. The summed E-state index contributed by atoms with van der Waals surface area (Å²) < 4.78 is 10.6. The van der Waals surface area contributed by atoms with Crippen LogP contribution >= 0.6 is 34.8 Å². The van der Waals surface area contributed by atoms with E-state index in [0.29, 0.717) is 34.0 Å². The lowest BCUT2D eigenvalue weighted by Gasteiger charge is -2.14. The molecule has 0 aliphatic heterocycles. The van der Waals surface area contributed by atoms with Crippen molar-refractivity contribution in [2.75, 3.05) is 18.5 Å². The molecule has 140 valence electrons. The normalized spacial score (nSPS) is 10.5. The molecule has 6 nitrogen and oxygen atoms in total. The van der Waals surface area contributed by atoms with Crippen LogP contribution < -0.4 is 10.1 Å². The Bertz CT molecular complexity index is 792. The van der Waals surface area contributed by atoms with Crippen LogP contribution in [0.2, 0.25) is 15.2 Å². The molecule has 0 fully saturated rings. The quantitative estimate of drug-likeness (QED) is 0.622. The lowest BCUT2D eigenvalue weighted by atomic mass is 10.2. The minimum absolute atomic E-state index is 0.236. The van der Waals surface area contributed by atoms with Gasteiger partial charge in [-0.25, -0.2) is 0 Å². The summed E-state index contributed by atoms with van der Waals surface area (Å²) >= 11 is 18.5. The first kappa shape index (κ1) is 20.6. The van der Waals surface area contributed by atoms with E-state index >= 15 is 0 Å². The van der Waals surface area contributed by atoms with Gasteiger partial charge in [0.2, 0.25) is 5.88 Å². The van der Waals surface area contributed by atoms with E-state index in [4.69, 9.17) is 44.3 Å². The van der Waals surface area contributed by atoms with Crippen molar-refractivity contribution in [2.45, 2.75) is 27.2 Å². The monoisotopic (exact) mass is 417 g/mol. The van der Waals surface area contributed by atoms with E-state index in [1.165, 1.54) is 0 Å². The molecule has 0 spiro atoms. The third-order valence-electron chi connectivity index (χ3n) is 3.58. The number of hydrogen-bond acceptors (Lipinski definition) is 6. The first-order valence-corrected chi connectivity index (χ1v) is 9.02. The van der Waals surface area contributed by atoms with E-state index in [-0.39, 0.29) is 24.0 Å². The zero-order chi connectivity index (χ0) is 19.3. The van der Waals surface area contributed by atoms with Crippen LogP contribution in [0.3, 0.4) is 0 Å². The van der Waals surface area contributed by atoms with Crippen molar-refractivity contribution in [1.29, 1.82) is 0 Å². The Hall–Kier alpha value is -1.76. The number of aromatic nitrogens is 2. The molecule has 2 aromatic rings. The number of nitrogens with one attached hydrogen (secondary N) is 1. The first-order chi connectivity index (χ1) is 12.3. The summed E-state index contributed by atoms with van der Waals surface area (Å²) in [4.78, 5) is 11.4. The van der Waals surface area contributed by atoms with E-state index in [2.05, 4.69) is 15.5 Å². The van der Waals surface area contributed by atoms with E-state index in [1.807, 2.05) is 13.8 Å². The number of carbonyl (C=O) groups is 1. The summed E-state index contributed by atoms with van der Waals surface area (Å²) in [5, 5.41) is 11.7. The summed E-state index contributed by atoms with van der Waals surface area (Å²) in [5.41, 5.74) is 2.17. The number of hydrogen-bond donors (Lipinski definition) is 1. The van der Waals surface area contributed by atoms with Gasteiger partial charge >= 0.3 is 5.97 Å². The van der Waals surface area contributed by atoms with Gasteiger partial charge in [0.25, 0.3) is 0 Å². The van der Waals surface area contributed by atoms with Gasteiger partial charge in [0, 0.05) is 17.8 Å². The molecule has 0 radical (unpaired) electrons. The van der Waals surface area contributed by atoms with Gasteiger partial charge in [-0.05, 0) is 38.5 Å². The number of anilines is 1. The van der Waals surface area contributed by atoms with Gasteiger partial charge in [-0.1, -0.05) is 34.8 Å². The Balaban J connectivity index is 2.12. The fourth-order valence-electron chi connectivity index (χ4n) is 2.05. The van der Waals surface area contributed by atoms with Crippen LogP contribution in [0.4, 0.5) is 5.69 Å². The summed E-state index contributed by atoms with van der Waals surface area (Å²) in [7, 11) is 0. The highest BCUT2D eigenvalue weighted by atomic mass is 35.5. The predicted molar refractivity (Wildman–Crippen MR) is 103 cm³/mol. The zero-order valence-electron chi connectivity index (χ0n) is 14.5. The van der Waals surface area contributed by atoms with Gasteiger partial charge < -0.3 is 14.8 Å². The first-order valence-electron chi connectivity index (χ1n) is 7.89. The van der Waals surface area contributed by atoms with Crippen molar-refractivity contribution in [3.8, 4) is 11.6 Å². The van der Waals surface area contributed by atoms with Crippen LogP contribution in [0.5, 0.6) is 11.6 Å². The highest BCUT2D eigenvalue weighted by Crippen LogP contribution is 2.39. The minimum Gasteiger partial charge on any atom is -0.466 e. The number of rotatable bonds is 7. The van der Waals surface area contributed by atoms with Gasteiger partial charge in [-0.3, -0.25) is 4.79 Å². The van der Waals surface area contributed by atoms with Crippen molar-refractivity contribution >= 4 is 46.5 Å². The molecule has 1 aromatic carbocycles. The van der Waals surface area contributed by atoms with Crippen molar-refractivity contribution in [2.24, 2.45) is 0 Å². The number of halogens is 3. The maximum absolute atomic E-state index is 11.4. The number of nitrogens with zero attached hydrogens (tertiary/aromatic N) is 2. The van der Waals surface area contributed by atoms with Crippen molar-refractivity contribution in [1.82, 2.24) is 10.2 Å². The Morgan fingerprint density at radius 3 is 2.38 bits per heavy atom. The van der Waals surface area contributed by atoms with Gasteiger partial charge in [0.05, 0.1) is 23.1 Å². The predicted octanol–water partition coefficient (Wildman–Crippen LogP) is 5.21. The third kappa shape index (κ3) is 5.13. The van der Waals surface area contributed by atoms with Crippen molar-refractivity contribution in [3.05, 3.63) is 38.5 Å². The van der Waals surface area contributed by atoms with Crippen LogP contribution in [-0.4, -0.2) is 29.3 Å². The summed E-state index contributed by atoms with van der Waals surface area (Å²) in [6.07, 6.45) is 0.236. The van der Waals surface area contributed by atoms with Crippen molar-refractivity contribution in [3.63, 3.8) is 0 Å². The number of carbonyl (C=O) groups excluding carboxylic acids is 1. The second kappa shape index (κ2) is 9.26. The molecule has 26 heavy (non-hydrogen) atoms. The average molecular weight is 419 g/mol. The fraction of sp³-hybridized carbons (Fsp3) is 0.353. The standard InChI is InChI=1S/C17H18Cl3N3O3/c1-4-25-14(24)5-6-21-11-7-12(18)15(13(19)8-11)26-17-10(3)9(2)16(20)22-23-17/h7-8,21H,4-6H2,1-3H3. The topological polar surface area (TPSA) is 73.3 Å². The Labute approximate surface area is 166 Å².